The summed E-state index contributed by atoms with van der Waals surface area (Å²) >= 11 is 0. The van der Waals surface area contributed by atoms with E-state index in [1.807, 2.05) is 0 Å². The average Bonchev–Trinajstić information content (AvgIpc) is 2.31. The van der Waals surface area contributed by atoms with Crippen LogP contribution < -0.4 is 10.6 Å². The van der Waals surface area contributed by atoms with Crippen molar-refractivity contribution in [1.29, 1.82) is 0 Å². The normalized spacial score (nSPS) is 25.1. The molecule has 2 N–H and O–H groups in total. The molecule has 1 aliphatic heterocycles. The molecule has 1 amide bonds. The van der Waals surface area contributed by atoms with Gasteiger partial charge in [0.25, 0.3) is 0 Å². The number of rotatable bonds is 2. The van der Waals surface area contributed by atoms with E-state index in [4.69, 9.17) is 0 Å². The molecule has 0 aromatic heterocycles. The number of hydrogen-bond acceptors (Lipinski definition) is 2. The summed E-state index contributed by atoms with van der Waals surface area (Å²) in [5.74, 6) is 0.580. The Bertz CT molecular complexity index is 206. The van der Waals surface area contributed by atoms with Crippen molar-refractivity contribution < 1.29 is 4.79 Å². The maximum Gasteiger partial charge on any atom is 0.223 e. The SMILES string of the molecule is O=C(NC1CCCCC1)C1CCNCC1. The van der Waals surface area contributed by atoms with Crippen LogP contribution in [0.2, 0.25) is 0 Å². The summed E-state index contributed by atoms with van der Waals surface area (Å²) in [6.45, 7) is 2.01. The molecule has 0 bridgehead atoms. The zero-order chi connectivity index (χ0) is 10.5. The molecule has 3 nitrogen and oxygen atoms in total. The molecule has 0 aromatic rings. The molecule has 3 heteroatoms. The molecule has 2 aliphatic rings. The molecule has 0 aromatic carbocycles. The minimum absolute atomic E-state index is 0.271. The van der Waals surface area contributed by atoms with E-state index in [1.54, 1.807) is 0 Å². The highest BCUT2D eigenvalue weighted by molar-refractivity contribution is 5.79. The third kappa shape index (κ3) is 3.20. The van der Waals surface area contributed by atoms with Crippen LogP contribution in [0, 0.1) is 5.92 Å². The van der Waals surface area contributed by atoms with Gasteiger partial charge >= 0.3 is 0 Å². The zero-order valence-corrected chi connectivity index (χ0v) is 9.43. The molecule has 1 saturated heterocycles. The second kappa shape index (κ2) is 5.50. The van der Waals surface area contributed by atoms with Crippen LogP contribution in [0.1, 0.15) is 44.9 Å². The second-order valence-electron chi connectivity index (χ2n) is 4.87. The van der Waals surface area contributed by atoms with Gasteiger partial charge in [0.05, 0.1) is 0 Å². The van der Waals surface area contributed by atoms with Gasteiger partial charge in [-0.3, -0.25) is 4.79 Å². The van der Waals surface area contributed by atoms with Gasteiger partial charge in [-0.1, -0.05) is 19.3 Å². The Hall–Kier alpha value is -0.570. The standard InChI is InChI=1S/C12H22N2O/c15-12(10-6-8-13-9-7-10)14-11-4-2-1-3-5-11/h10-11,13H,1-9H2,(H,14,15). The molecular formula is C12H22N2O. The Morgan fingerprint density at radius 2 is 1.67 bits per heavy atom. The van der Waals surface area contributed by atoms with Gasteiger partial charge in [0.15, 0.2) is 0 Å². The zero-order valence-electron chi connectivity index (χ0n) is 9.43. The lowest BCUT2D eigenvalue weighted by atomic mass is 9.93. The number of amides is 1. The van der Waals surface area contributed by atoms with Gasteiger partial charge in [0, 0.05) is 12.0 Å². The fourth-order valence-corrected chi connectivity index (χ4v) is 2.65. The van der Waals surface area contributed by atoms with Gasteiger partial charge in [-0.2, -0.15) is 0 Å². The number of piperidine rings is 1. The van der Waals surface area contributed by atoms with E-state index in [-0.39, 0.29) is 5.92 Å². The highest BCUT2D eigenvalue weighted by Gasteiger charge is 2.23. The van der Waals surface area contributed by atoms with Gasteiger partial charge in [0.1, 0.15) is 0 Å². The van der Waals surface area contributed by atoms with Crippen LogP contribution in [-0.2, 0) is 4.79 Å². The van der Waals surface area contributed by atoms with Crippen molar-refractivity contribution in [1.82, 2.24) is 10.6 Å². The van der Waals surface area contributed by atoms with E-state index in [0.29, 0.717) is 11.9 Å². The first-order valence-electron chi connectivity index (χ1n) is 6.37. The van der Waals surface area contributed by atoms with Crippen LogP contribution in [-0.4, -0.2) is 25.0 Å². The summed E-state index contributed by atoms with van der Waals surface area (Å²) < 4.78 is 0. The largest absolute Gasteiger partial charge is 0.353 e. The number of carbonyl (C=O) groups is 1. The molecule has 1 saturated carbocycles. The van der Waals surface area contributed by atoms with Crippen molar-refractivity contribution in [3.8, 4) is 0 Å². The average molecular weight is 210 g/mol. The summed E-state index contributed by atoms with van der Waals surface area (Å²) in [5, 5.41) is 6.52. The van der Waals surface area contributed by atoms with Crippen molar-refractivity contribution >= 4 is 5.91 Å². The molecule has 2 fully saturated rings. The van der Waals surface area contributed by atoms with Gasteiger partial charge < -0.3 is 10.6 Å². The third-order valence-electron chi connectivity index (χ3n) is 3.66. The lowest BCUT2D eigenvalue weighted by Gasteiger charge is -2.27. The van der Waals surface area contributed by atoms with Crippen molar-refractivity contribution in [2.24, 2.45) is 5.92 Å². The molecule has 86 valence electrons. The predicted molar refractivity (Wildman–Crippen MR) is 60.6 cm³/mol. The van der Waals surface area contributed by atoms with Crippen molar-refractivity contribution in [3.63, 3.8) is 0 Å². The number of carbonyl (C=O) groups excluding carboxylic acids is 1. The van der Waals surface area contributed by atoms with Crippen LogP contribution in [0.4, 0.5) is 0 Å². The summed E-state index contributed by atoms with van der Waals surface area (Å²) in [5.41, 5.74) is 0. The Morgan fingerprint density at radius 3 is 2.33 bits per heavy atom. The van der Waals surface area contributed by atoms with Gasteiger partial charge in [0.2, 0.25) is 5.91 Å². The first-order chi connectivity index (χ1) is 7.36. The molecule has 0 unspecified atom stereocenters. The molecule has 15 heavy (non-hydrogen) atoms. The topological polar surface area (TPSA) is 41.1 Å². The van der Waals surface area contributed by atoms with E-state index in [0.717, 1.165) is 25.9 Å². The minimum atomic E-state index is 0.271. The van der Waals surface area contributed by atoms with Gasteiger partial charge in [-0.05, 0) is 38.8 Å². The highest BCUT2D eigenvalue weighted by atomic mass is 16.1. The maximum absolute atomic E-state index is 11.9. The van der Waals surface area contributed by atoms with Gasteiger partial charge in [-0.15, -0.1) is 0 Å². The van der Waals surface area contributed by atoms with E-state index in [1.165, 1.54) is 32.1 Å². The molecule has 1 heterocycles. The van der Waals surface area contributed by atoms with Crippen molar-refractivity contribution in [3.05, 3.63) is 0 Å². The lowest BCUT2D eigenvalue weighted by Crippen LogP contribution is -2.43. The highest BCUT2D eigenvalue weighted by Crippen LogP contribution is 2.19. The quantitative estimate of drug-likeness (QED) is 0.724. The molecule has 0 atom stereocenters. The predicted octanol–water partition coefficient (Wildman–Crippen LogP) is 1.43. The summed E-state index contributed by atoms with van der Waals surface area (Å²) in [7, 11) is 0. The van der Waals surface area contributed by atoms with Gasteiger partial charge in [-0.25, -0.2) is 0 Å². The smallest absolute Gasteiger partial charge is 0.223 e. The molecule has 2 rings (SSSR count). The summed E-state index contributed by atoms with van der Waals surface area (Å²) in [6, 6.07) is 0.473. The molecular weight excluding hydrogens is 188 g/mol. The van der Waals surface area contributed by atoms with Crippen molar-refractivity contribution in [2.75, 3.05) is 13.1 Å². The molecule has 1 aliphatic carbocycles. The van der Waals surface area contributed by atoms with E-state index < -0.39 is 0 Å². The Kier molecular flexibility index (Phi) is 4.01. The van der Waals surface area contributed by atoms with Crippen LogP contribution in [0.15, 0.2) is 0 Å². The van der Waals surface area contributed by atoms with Crippen LogP contribution in [0.25, 0.3) is 0 Å². The minimum Gasteiger partial charge on any atom is -0.353 e. The van der Waals surface area contributed by atoms with E-state index in [2.05, 4.69) is 10.6 Å². The molecule has 0 radical (unpaired) electrons. The van der Waals surface area contributed by atoms with E-state index in [9.17, 15) is 4.79 Å². The second-order valence-corrected chi connectivity index (χ2v) is 4.87. The fourth-order valence-electron chi connectivity index (χ4n) is 2.65. The Balaban J connectivity index is 1.74. The number of hydrogen-bond donors (Lipinski definition) is 2. The first-order valence-corrected chi connectivity index (χ1v) is 6.37. The monoisotopic (exact) mass is 210 g/mol. The Labute approximate surface area is 92.0 Å². The fraction of sp³-hybridized carbons (Fsp3) is 0.917. The van der Waals surface area contributed by atoms with Crippen molar-refractivity contribution in [2.45, 2.75) is 51.0 Å². The maximum atomic E-state index is 11.9. The first kappa shape index (κ1) is 10.9. The van der Waals surface area contributed by atoms with Crippen LogP contribution in [0.3, 0.4) is 0 Å². The summed E-state index contributed by atoms with van der Waals surface area (Å²) in [4.78, 5) is 11.9. The lowest BCUT2D eigenvalue weighted by molar-refractivity contribution is -0.126. The Morgan fingerprint density at radius 1 is 1.00 bits per heavy atom. The number of nitrogens with one attached hydrogen (secondary N) is 2. The molecule has 0 spiro atoms. The van der Waals surface area contributed by atoms with Crippen LogP contribution in [0.5, 0.6) is 0 Å². The third-order valence-corrected chi connectivity index (χ3v) is 3.66. The van der Waals surface area contributed by atoms with Crippen LogP contribution >= 0.6 is 0 Å². The summed E-state index contributed by atoms with van der Waals surface area (Å²) in [6.07, 6.45) is 8.33. The van der Waals surface area contributed by atoms with E-state index >= 15 is 0 Å².